The molecule has 6 nitrogen and oxygen atoms in total. The van der Waals surface area contributed by atoms with Gasteiger partial charge < -0.3 is 21.9 Å². The number of carbonyl (C=O) groups excluding carboxylic acids is 1. The summed E-state index contributed by atoms with van der Waals surface area (Å²) in [4.78, 5) is 15.2. The first kappa shape index (κ1) is 13.2. The molecule has 1 aromatic rings. The Bertz CT molecular complexity index is 418. The van der Waals surface area contributed by atoms with E-state index < -0.39 is 11.5 Å². The number of amides is 1. The van der Waals surface area contributed by atoms with Gasteiger partial charge in [-0.15, -0.1) is 0 Å². The summed E-state index contributed by atoms with van der Waals surface area (Å²) in [6, 6.07) is 1.46. The number of hydrogen-bond donors (Lipinski definition) is 4. The standard InChI is InChI=1S/C11H18N4O2/c1-3-11(2,17)6-15-10-8(9(13)16)4-7(12)5-14-10/h4-5,17H,3,6,12H2,1-2H3,(H2,13,16)(H,14,15). The average Bonchev–Trinajstić information content (AvgIpc) is 2.27. The predicted octanol–water partition coefficient (Wildman–Crippen LogP) is 0.336. The smallest absolute Gasteiger partial charge is 0.252 e. The van der Waals surface area contributed by atoms with Crippen LogP contribution in [0.4, 0.5) is 11.5 Å². The number of pyridine rings is 1. The minimum absolute atomic E-state index is 0.219. The van der Waals surface area contributed by atoms with Gasteiger partial charge in [0.1, 0.15) is 5.82 Å². The van der Waals surface area contributed by atoms with E-state index in [-0.39, 0.29) is 12.1 Å². The molecule has 17 heavy (non-hydrogen) atoms. The normalized spacial score (nSPS) is 14.1. The fourth-order valence-corrected chi connectivity index (χ4v) is 1.21. The lowest BCUT2D eigenvalue weighted by Crippen LogP contribution is -2.33. The van der Waals surface area contributed by atoms with E-state index in [2.05, 4.69) is 10.3 Å². The highest BCUT2D eigenvalue weighted by molar-refractivity contribution is 5.98. The van der Waals surface area contributed by atoms with Crippen molar-refractivity contribution in [3.05, 3.63) is 17.8 Å². The Morgan fingerprint density at radius 3 is 2.82 bits per heavy atom. The van der Waals surface area contributed by atoms with Crippen LogP contribution >= 0.6 is 0 Å². The van der Waals surface area contributed by atoms with Crippen LogP contribution in [0, 0.1) is 0 Å². The molecular weight excluding hydrogens is 220 g/mol. The van der Waals surface area contributed by atoms with E-state index in [1.54, 1.807) is 6.92 Å². The Morgan fingerprint density at radius 2 is 2.29 bits per heavy atom. The number of nitrogens with one attached hydrogen (secondary N) is 1. The van der Waals surface area contributed by atoms with Gasteiger partial charge in [-0.25, -0.2) is 4.98 Å². The molecule has 6 N–H and O–H groups in total. The third kappa shape index (κ3) is 3.60. The third-order valence-corrected chi connectivity index (χ3v) is 2.57. The van der Waals surface area contributed by atoms with Crippen molar-refractivity contribution >= 4 is 17.4 Å². The van der Waals surface area contributed by atoms with Gasteiger partial charge in [0.2, 0.25) is 0 Å². The van der Waals surface area contributed by atoms with Crippen LogP contribution in [0.5, 0.6) is 0 Å². The van der Waals surface area contributed by atoms with Gasteiger partial charge in [-0.2, -0.15) is 0 Å². The van der Waals surface area contributed by atoms with E-state index in [0.717, 1.165) is 0 Å². The van der Waals surface area contributed by atoms with E-state index in [9.17, 15) is 9.90 Å². The summed E-state index contributed by atoms with van der Waals surface area (Å²) in [7, 11) is 0. The van der Waals surface area contributed by atoms with Crippen LogP contribution in [0.25, 0.3) is 0 Å². The summed E-state index contributed by atoms with van der Waals surface area (Å²) >= 11 is 0. The molecule has 0 aromatic carbocycles. The number of nitrogen functional groups attached to an aromatic ring is 1. The zero-order valence-corrected chi connectivity index (χ0v) is 10.0. The Labute approximate surface area is 100 Å². The molecule has 94 valence electrons. The molecule has 0 fully saturated rings. The van der Waals surface area contributed by atoms with Crippen molar-refractivity contribution in [2.24, 2.45) is 5.73 Å². The van der Waals surface area contributed by atoms with Gasteiger partial charge >= 0.3 is 0 Å². The summed E-state index contributed by atoms with van der Waals surface area (Å²) in [6.45, 7) is 3.84. The monoisotopic (exact) mass is 238 g/mol. The molecule has 1 amide bonds. The molecule has 0 aliphatic carbocycles. The van der Waals surface area contributed by atoms with Gasteiger partial charge in [-0.1, -0.05) is 6.92 Å². The molecule has 0 saturated carbocycles. The third-order valence-electron chi connectivity index (χ3n) is 2.57. The lowest BCUT2D eigenvalue weighted by Gasteiger charge is -2.22. The summed E-state index contributed by atoms with van der Waals surface area (Å²) in [5.74, 6) is -0.274. The van der Waals surface area contributed by atoms with Crippen molar-refractivity contribution in [1.82, 2.24) is 4.98 Å². The number of primary amides is 1. The predicted molar refractivity (Wildman–Crippen MR) is 66.6 cm³/mol. The number of aromatic nitrogens is 1. The Balaban J connectivity index is 2.88. The van der Waals surface area contributed by atoms with Crippen LogP contribution in [-0.2, 0) is 0 Å². The molecule has 1 heterocycles. The van der Waals surface area contributed by atoms with Gasteiger partial charge in [0, 0.05) is 6.54 Å². The maximum absolute atomic E-state index is 11.2. The molecule has 1 unspecified atom stereocenters. The van der Waals surface area contributed by atoms with E-state index in [0.29, 0.717) is 17.9 Å². The van der Waals surface area contributed by atoms with Crippen molar-refractivity contribution in [3.63, 3.8) is 0 Å². The number of aliphatic hydroxyl groups is 1. The number of nitrogens with two attached hydrogens (primary N) is 2. The fourth-order valence-electron chi connectivity index (χ4n) is 1.21. The van der Waals surface area contributed by atoms with Crippen LogP contribution in [0.3, 0.4) is 0 Å². The first-order valence-electron chi connectivity index (χ1n) is 5.37. The van der Waals surface area contributed by atoms with Crippen LogP contribution in [0.15, 0.2) is 12.3 Å². The lowest BCUT2D eigenvalue weighted by molar-refractivity contribution is 0.0695. The Morgan fingerprint density at radius 1 is 1.65 bits per heavy atom. The minimum Gasteiger partial charge on any atom is -0.397 e. The molecule has 0 saturated heterocycles. The van der Waals surface area contributed by atoms with Gasteiger partial charge in [-0.3, -0.25) is 4.79 Å². The second kappa shape index (κ2) is 5.01. The first-order valence-corrected chi connectivity index (χ1v) is 5.37. The van der Waals surface area contributed by atoms with Crippen LogP contribution < -0.4 is 16.8 Å². The van der Waals surface area contributed by atoms with Crippen molar-refractivity contribution in [1.29, 1.82) is 0 Å². The number of rotatable bonds is 5. The molecule has 1 aromatic heterocycles. The lowest BCUT2D eigenvalue weighted by atomic mass is 10.0. The van der Waals surface area contributed by atoms with Gasteiger partial charge in [0.25, 0.3) is 5.91 Å². The van der Waals surface area contributed by atoms with E-state index in [1.807, 2.05) is 6.92 Å². The maximum atomic E-state index is 11.2. The Hall–Kier alpha value is -1.82. The SMILES string of the molecule is CCC(C)(O)CNc1ncc(N)cc1C(N)=O. The molecule has 0 aliphatic rings. The van der Waals surface area contributed by atoms with Crippen LogP contribution in [-0.4, -0.2) is 28.1 Å². The summed E-state index contributed by atoms with van der Waals surface area (Å²) in [6.07, 6.45) is 2.01. The second-order valence-electron chi connectivity index (χ2n) is 4.23. The van der Waals surface area contributed by atoms with Gasteiger partial charge in [0.05, 0.1) is 23.0 Å². The zero-order chi connectivity index (χ0) is 13.1. The molecule has 0 radical (unpaired) electrons. The fraction of sp³-hybridized carbons (Fsp3) is 0.455. The van der Waals surface area contributed by atoms with Crippen molar-refractivity contribution < 1.29 is 9.90 Å². The first-order chi connectivity index (χ1) is 7.85. The van der Waals surface area contributed by atoms with E-state index >= 15 is 0 Å². The average molecular weight is 238 g/mol. The van der Waals surface area contributed by atoms with Crippen LogP contribution in [0.2, 0.25) is 0 Å². The molecule has 0 spiro atoms. The van der Waals surface area contributed by atoms with E-state index in [1.165, 1.54) is 12.3 Å². The zero-order valence-electron chi connectivity index (χ0n) is 10.0. The highest BCUT2D eigenvalue weighted by Crippen LogP contribution is 2.17. The topological polar surface area (TPSA) is 114 Å². The molecule has 0 aliphatic heterocycles. The van der Waals surface area contributed by atoms with Gasteiger partial charge in [-0.05, 0) is 19.4 Å². The van der Waals surface area contributed by atoms with Gasteiger partial charge in [0.15, 0.2) is 0 Å². The summed E-state index contributed by atoms with van der Waals surface area (Å²) in [5, 5.41) is 12.7. The molecule has 1 atom stereocenters. The van der Waals surface area contributed by atoms with E-state index in [4.69, 9.17) is 11.5 Å². The minimum atomic E-state index is -0.863. The number of nitrogens with zero attached hydrogens (tertiary/aromatic N) is 1. The largest absolute Gasteiger partial charge is 0.397 e. The molecule has 0 bridgehead atoms. The quantitative estimate of drug-likeness (QED) is 0.590. The van der Waals surface area contributed by atoms with Crippen molar-refractivity contribution in [2.75, 3.05) is 17.6 Å². The van der Waals surface area contributed by atoms with Crippen LogP contribution in [0.1, 0.15) is 30.6 Å². The molecule has 1 rings (SSSR count). The summed E-state index contributed by atoms with van der Waals surface area (Å²) in [5.41, 5.74) is 10.5. The molecule has 6 heteroatoms. The second-order valence-corrected chi connectivity index (χ2v) is 4.23. The van der Waals surface area contributed by atoms with Crippen molar-refractivity contribution in [2.45, 2.75) is 25.9 Å². The summed E-state index contributed by atoms with van der Waals surface area (Å²) < 4.78 is 0. The van der Waals surface area contributed by atoms with Crippen molar-refractivity contribution in [3.8, 4) is 0 Å². The Kier molecular flexibility index (Phi) is 3.90. The highest BCUT2D eigenvalue weighted by atomic mass is 16.3. The maximum Gasteiger partial charge on any atom is 0.252 e. The highest BCUT2D eigenvalue weighted by Gasteiger charge is 2.19. The number of carbonyl (C=O) groups is 1. The molecular formula is C11H18N4O2. The number of hydrogen-bond acceptors (Lipinski definition) is 5. The number of anilines is 2.